The van der Waals surface area contributed by atoms with Gasteiger partial charge in [-0.1, -0.05) is 0 Å². The van der Waals surface area contributed by atoms with E-state index >= 15 is 0 Å². The van der Waals surface area contributed by atoms with E-state index in [1.54, 1.807) is 11.8 Å². The molecule has 0 aromatic rings. The van der Waals surface area contributed by atoms with Gasteiger partial charge in [-0.05, 0) is 52.4 Å². The Labute approximate surface area is 102 Å². The summed E-state index contributed by atoms with van der Waals surface area (Å²) in [6, 6.07) is -0.271. The molecule has 1 spiro atoms. The normalized spacial score (nSPS) is 26.1. The molecule has 1 amide bonds. The molecule has 0 N–H and O–H groups in total. The maximum Gasteiger partial charge on any atom is 0.410 e. The molecule has 0 aromatic carbocycles. The number of hydrogen-bond donors (Lipinski definition) is 0. The van der Waals surface area contributed by atoms with E-state index in [9.17, 15) is 9.59 Å². The molecule has 1 heterocycles. The molecule has 1 saturated heterocycles. The maximum atomic E-state index is 12.0. The molecular formula is C13H21NO3. The van der Waals surface area contributed by atoms with Gasteiger partial charge in [0.25, 0.3) is 0 Å². The van der Waals surface area contributed by atoms with Crippen LogP contribution < -0.4 is 0 Å². The molecule has 2 fully saturated rings. The van der Waals surface area contributed by atoms with Gasteiger partial charge in [-0.25, -0.2) is 4.79 Å². The number of hydrogen-bond acceptors (Lipinski definition) is 3. The zero-order valence-electron chi connectivity index (χ0n) is 11.1. The van der Waals surface area contributed by atoms with Crippen molar-refractivity contribution in [3.63, 3.8) is 0 Å². The second-order valence-electron chi connectivity index (χ2n) is 6.44. The Morgan fingerprint density at radius 3 is 2.29 bits per heavy atom. The lowest BCUT2D eigenvalue weighted by molar-refractivity contribution is -0.121. The molecule has 1 aliphatic heterocycles. The minimum atomic E-state index is -0.502. The molecule has 17 heavy (non-hydrogen) atoms. The lowest BCUT2D eigenvalue weighted by Crippen LogP contribution is -2.42. The van der Waals surface area contributed by atoms with E-state index in [1.807, 2.05) is 20.8 Å². The summed E-state index contributed by atoms with van der Waals surface area (Å²) in [6.45, 7) is 7.78. The van der Waals surface area contributed by atoms with Crippen LogP contribution in [-0.2, 0) is 9.53 Å². The van der Waals surface area contributed by atoms with Crippen molar-refractivity contribution < 1.29 is 14.3 Å². The molecule has 2 aliphatic rings. The fourth-order valence-electron chi connectivity index (χ4n) is 2.47. The Hall–Kier alpha value is -1.06. The Bertz CT molecular complexity index is 352. The van der Waals surface area contributed by atoms with Gasteiger partial charge in [-0.3, -0.25) is 9.69 Å². The van der Waals surface area contributed by atoms with E-state index in [-0.39, 0.29) is 23.3 Å². The van der Waals surface area contributed by atoms with Crippen molar-refractivity contribution in [3.05, 3.63) is 0 Å². The van der Waals surface area contributed by atoms with Gasteiger partial charge in [0.2, 0.25) is 0 Å². The summed E-state index contributed by atoms with van der Waals surface area (Å²) in [5.41, 5.74) is -0.273. The number of Topliss-reactive ketones (excluding diaryl/α,β-unsaturated/α-hetero) is 1. The second kappa shape index (κ2) is 3.72. The van der Waals surface area contributed by atoms with Gasteiger partial charge in [0.05, 0.1) is 6.04 Å². The Morgan fingerprint density at radius 1 is 1.29 bits per heavy atom. The zero-order valence-corrected chi connectivity index (χ0v) is 11.1. The van der Waals surface area contributed by atoms with Crippen LogP contribution in [0.1, 0.15) is 47.0 Å². The third-order valence-corrected chi connectivity index (χ3v) is 3.56. The summed E-state index contributed by atoms with van der Waals surface area (Å²) in [4.78, 5) is 25.3. The highest BCUT2D eigenvalue weighted by Crippen LogP contribution is 2.55. The van der Waals surface area contributed by atoms with E-state index in [4.69, 9.17) is 4.74 Å². The van der Waals surface area contributed by atoms with Gasteiger partial charge in [0, 0.05) is 6.54 Å². The number of ether oxygens (including phenoxy) is 1. The number of nitrogens with zero attached hydrogens (tertiary/aromatic N) is 1. The average Bonchev–Trinajstić information content (AvgIpc) is 2.73. The van der Waals surface area contributed by atoms with Crippen molar-refractivity contribution in [3.8, 4) is 0 Å². The van der Waals surface area contributed by atoms with Crippen LogP contribution in [0.3, 0.4) is 0 Å². The molecule has 4 nitrogen and oxygen atoms in total. The first-order valence-corrected chi connectivity index (χ1v) is 6.23. The molecule has 0 unspecified atom stereocenters. The molecule has 1 aliphatic carbocycles. The number of likely N-dealkylation sites (tertiary alicyclic amines) is 1. The van der Waals surface area contributed by atoms with Crippen LogP contribution in [0.2, 0.25) is 0 Å². The predicted molar refractivity (Wildman–Crippen MR) is 63.7 cm³/mol. The molecule has 0 radical (unpaired) electrons. The fraction of sp³-hybridized carbons (Fsp3) is 0.846. The van der Waals surface area contributed by atoms with E-state index in [0.29, 0.717) is 6.54 Å². The summed E-state index contributed by atoms with van der Waals surface area (Å²) < 4.78 is 5.36. The van der Waals surface area contributed by atoms with Crippen molar-refractivity contribution in [2.45, 2.75) is 58.6 Å². The van der Waals surface area contributed by atoms with Crippen molar-refractivity contribution in [2.75, 3.05) is 6.54 Å². The van der Waals surface area contributed by atoms with Crippen LogP contribution in [-0.4, -0.2) is 35.0 Å². The summed E-state index contributed by atoms with van der Waals surface area (Å²) in [5.74, 6) is 0.0691. The van der Waals surface area contributed by atoms with Crippen molar-refractivity contribution in [2.24, 2.45) is 5.41 Å². The van der Waals surface area contributed by atoms with E-state index < -0.39 is 5.60 Å². The zero-order chi connectivity index (χ0) is 12.8. The summed E-state index contributed by atoms with van der Waals surface area (Å²) in [6.07, 6.45) is 2.75. The van der Waals surface area contributed by atoms with Crippen molar-refractivity contribution >= 4 is 11.9 Å². The number of ketones is 1. The van der Waals surface area contributed by atoms with E-state index in [0.717, 1.165) is 19.3 Å². The molecule has 0 aromatic heterocycles. The van der Waals surface area contributed by atoms with Gasteiger partial charge >= 0.3 is 6.09 Å². The largest absolute Gasteiger partial charge is 0.444 e. The Balaban J connectivity index is 2.08. The molecule has 96 valence electrons. The number of rotatable bonds is 1. The van der Waals surface area contributed by atoms with Crippen LogP contribution in [0.15, 0.2) is 0 Å². The number of carbonyl (C=O) groups is 2. The van der Waals surface area contributed by atoms with Gasteiger partial charge in [0.15, 0.2) is 5.78 Å². The smallest absolute Gasteiger partial charge is 0.410 e. The van der Waals surface area contributed by atoms with Crippen LogP contribution in [0.25, 0.3) is 0 Å². The standard InChI is InChI=1S/C13H21NO3/c1-9(15)10-7-13(5-6-13)8-14(10)11(16)17-12(2,3)4/h10H,5-8H2,1-4H3/t10-/m0/s1. The maximum absolute atomic E-state index is 12.0. The fourth-order valence-corrected chi connectivity index (χ4v) is 2.47. The molecule has 4 heteroatoms. The van der Waals surface area contributed by atoms with Crippen molar-refractivity contribution in [1.82, 2.24) is 4.90 Å². The Morgan fingerprint density at radius 2 is 1.88 bits per heavy atom. The van der Waals surface area contributed by atoms with Crippen LogP contribution in [0.4, 0.5) is 4.79 Å². The monoisotopic (exact) mass is 239 g/mol. The van der Waals surface area contributed by atoms with Crippen LogP contribution in [0, 0.1) is 5.41 Å². The molecule has 1 saturated carbocycles. The molecule has 2 rings (SSSR count). The van der Waals surface area contributed by atoms with Gasteiger partial charge in [-0.2, -0.15) is 0 Å². The highest BCUT2D eigenvalue weighted by atomic mass is 16.6. The molecular weight excluding hydrogens is 218 g/mol. The minimum Gasteiger partial charge on any atom is -0.444 e. The predicted octanol–water partition coefficient (Wildman–Crippen LogP) is 2.37. The SMILES string of the molecule is CC(=O)[C@@H]1CC2(CC2)CN1C(=O)OC(C)(C)C. The summed E-state index contributed by atoms with van der Waals surface area (Å²) in [5, 5.41) is 0. The topological polar surface area (TPSA) is 46.6 Å². The molecule has 0 bridgehead atoms. The van der Waals surface area contributed by atoms with Crippen LogP contribution in [0.5, 0.6) is 0 Å². The lowest BCUT2D eigenvalue weighted by Gasteiger charge is -2.27. The van der Waals surface area contributed by atoms with E-state index in [1.165, 1.54) is 0 Å². The highest BCUT2D eigenvalue weighted by Gasteiger charge is 2.55. The summed E-state index contributed by atoms with van der Waals surface area (Å²) >= 11 is 0. The third kappa shape index (κ3) is 2.61. The minimum absolute atomic E-state index is 0.0691. The quantitative estimate of drug-likeness (QED) is 0.705. The number of amides is 1. The first-order valence-electron chi connectivity index (χ1n) is 6.23. The van der Waals surface area contributed by atoms with E-state index in [2.05, 4.69) is 0 Å². The average molecular weight is 239 g/mol. The first-order chi connectivity index (χ1) is 7.72. The van der Waals surface area contributed by atoms with Gasteiger partial charge in [-0.15, -0.1) is 0 Å². The van der Waals surface area contributed by atoms with Crippen molar-refractivity contribution in [1.29, 1.82) is 0 Å². The lowest BCUT2D eigenvalue weighted by atomic mass is 10.0. The number of carbonyl (C=O) groups excluding carboxylic acids is 2. The second-order valence-corrected chi connectivity index (χ2v) is 6.44. The Kier molecular flexibility index (Phi) is 2.71. The van der Waals surface area contributed by atoms with Gasteiger partial charge < -0.3 is 4.74 Å². The van der Waals surface area contributed by atoms with Gasteiger partial charge in [0.1, 0.15) is 5.60 Å². The summed E-state index contributed by atoms with van der Waals surface area (Å²) in [7, 11) is 0. The van der Waals surface area contributed by atoms with Crippen LogP contribution >= 0.6 is 0 Å². The molecule has 1 atom stereocenters. The first kappa shape index (κ1) is 12.4. The highest BCUT2D eigenvalue weighted by molar-refractivity contribution is 5.86. The third-order valence-electron chi connectivity index (χ3n) is 3.56.